The fourth-order valence-electron chi connectivity index (χ4n) is 3.02. The Balaban J connectivity index is 1.56. The Kier molecular flexibility index (Phi) is 4.55. The van der Waals surface area contributed by atoms with Gasteiger partial charge in [0.15, 0.2) is 0 Å². The standard InChI is InChI=1S/C15H24N4O2/c1-12(11-18-6-8-21-9-7-18)15(20)17-14-10-16-13-4-2-3-5-19(13)14/h10,12H,2-9,11H2,1H3,(H,17,20)/t12-/m1/s1. The molecule has 0 aromatic carbocycles. The minimum Gasteiger partial charge on any atom is -0.379 e. The highest BCUT2D eigenvalue weighted by Gasteiger charge is 2.21. The van der Waals surface area contributed by atoms with E-state index in [9.17, 15) is 4.79 Å². The van der Waals surface area contributed by atoms with Crippen LogP contribution in [0.4, 0.5) is 5.82 Å². The van der Waals surface area contributed by atoms with Crippen molar-refractivity contribution in [3.8, 4) is 0 Å². The Morgan fingerprint density at radius 2 is 2.19 bits per heavy atom. The maximum Gasteiger partial charge on any atom is 0.229 e. The van der Waals surface area contributed by atoms with Gasteiger partial charge in [-0.05, 0) is 12.8 Å². The summed E-state index contributed by atoms with van der Waals surface area (Å²) in [5.41, 5.74) is 0. The lowest BCUT2D eigenvalue weighted by atomic mass is 10.1. The fourth-order valence-corrected chi connectivity index (χ4v) is 3.02. The van der Waals surface area contributed by atoms with Crippen molar-refractivity contribution in [3.63, 3.8) is 0 Å². The number of ether oxygens (including phenoxy) is 1. The summed E-state index contributed by atoms with van der Waals surface area (Å²) in [5.74, 6) is 1.99. The summed E-state index contributed by atoms with van der Waals surface area (Å²) < 4.78 is 7.48. The number of carbonyl (C=O) groups excluding carboxylic acids is 1. The van der Waals surface area contributed by atoms with E-state index in [1.807, 2.05) is 6.92 Å². The summed E-state index contributed by atoms with van der Waals surface area (Å²) in [4.78, 5) is 19.1. The van der Waals surface area contributed by atoms with Gasteiger partial charge in [0.1, 0.15) is 11.6 Å². The van der Waals surface area contributed by atoms with Gasteiger partial charge < -0.3 is 14.6 Å². The number of hydrogen-bond donors (Lipinski definition) is 1. The number of hydrogen-bond acceptors (Lipinski definition) is 4. The van der Waals surface area contributed by atoms with E-state index in [1.54, 1.807) is 6.20 Å². The van der Waals surface area contributed by atoms with Crippen molar-refractivity contribution in [1.82, 2.24) is 14.5 Å². The highest BCUT2D eigenvalue weighted by molar-refractivity contribution is 5.91. The van der Waals surface area contributed by atoms with E-state index in [-0.39, 0.29) is 11.8 Å². The van der Waals surface area contributed by atoms with Gasteiger partial charge in [0.05, 0.1) is 19.4 Å². The molecule has 1 amide bonds. The molecule has 0 bridgehead atoms. The number of aryl methyl sites for hydroxylation is 1. The Bertz CT molecular complexity index is 494. The van der Waals surface area contributed by atoms with Crippen LogP contribution in [0.3, 0.4) is 0 Å². The molecule has 1 aromatic heterocycles. The first kappa shape index (κ1) is 14.5. The summed E-state index contributed by atoms with van der Waals surface area (Å²) in [6, 6.07) is 0. The Labute approximate surface area is 125 Å². The predicted molar refractivity (Wildman–Crippen MR) is 80.2 cm³/mol. The zero-order chi connectivity index (χ0) is 14.7. The first-order chi connectivity index (χ1) is 10.2. The lowest BCUT2D eigenvalue weighted by Crippen LogP contribution is -2.41. The number of nitrogens with one attached hydrogen (secondary N) is 1. The number of imidazole rings is 1. The van der Waals surface area contributed by atoms with Crippen molar-refractivity contribution < 1.29 is 9.53 Å². The topological polar surface area (TPSA) is 59.4 Å². The number of aromatic nitrogens is 2. The molecule has 0 saturated carbocycles. The van der Waals surface area contributed by atoms with Crippen LogP contribution >= 0.6 is 0 Å². The number of anilines is 1. The first-order valence-electron chi connectivity index (χ1n) is 7.89. The molecule has 6 nitrogen and oxygen atoms in total. The minimum absolute atomic E-state index is 0.0298. The molecule has 1 N–H and O–H groups in total. The second-order valence-corrected chi connectivity index (χ2v) is 5.97. The predicted octanol–water partition coefficient (Wildman–Crippen LogP) is 1.13. The van der Waals surface area contributed by atoms with E-state index in [2.05, 4.69) is 19.8 Å². The molecule has 2 aliphatic heterocycles. The molecular weight excluding hydrogens is 268 g/mol. The quantitative estimate of drug-likeness (QED) is 0.903. The van der Waals surface area contributed by atoms with Crippen LogP contribution < -0.4 is 5.32 Å². The molecule has 1 atom stereocenters. The number of fused-ring (bicyclic) bond motifs is 1. The average Bonchev–Trinajstić information content (AvgIpc) is 2.91. The largest absolute Gasteiger partial charge is 0.379 e. The summed E-state index contributed by atoms with van der Waals surface area (Å²) in [7, 11) is 0. The van der Waals surface area contributed by atoms with Crippen LogP contribution in [0.2, 0.25) is 0 Å². The molecule has 6 heteroatoms. The van der Waals surface area contributed by atoms with Crippen molar-refractivity contribution in [3.05, 3.63) is 12.0 Å². The number of morpholine rings is 1. The molecule has 1 fully saturated rings. The molecule has 0 aliphatic carbocycles. The number of carbonyl (C=O) groups is 1. The maximum absolute atomic E-state index is 12.4. The average molecular weight is 292 g/mol. The maximum atomic E-state index is 12.4. The molecule has 0 unspecified atom stereocenters. The van der Waals surface area contributed by atoms with Crippen LogP contribution in [-0.4, -0.2) is 53.2 Å². The molecule has 1 aromatic rings. The number of amides is 1. The molecule has 0 spiro atoms. The van der Waals surface area contributed by atoms with Crippen LogP contribution in [0.15, 0.2) is 6.20 Å². The molecular formula is C15H24N4O2. The van der Waals surface area contributed by atoms with Gasteiger partial charge >= 0.3 is 0 Å². The van der Waals surface area contributed by atoms with Crippen molar-refractivity contribution in [2.75, 3.05) is 38.2 Å². The van der Waals surface area contributed by atoms with Gasteiger partial charge in [-0.2, -0.15) is 0 Å². The fraction of sp³-hybridized carbons (Fsp3) is 0.733. The van der Waals surface area contributed by atoms with E-state index < -0.39 is 0 Å². The number of rotatable bonds is 4. The van der Waals surface area contributed by atoms with Crippen molar-refractivity contribution in [1.29, 1.82) is 0 Å². The van der Waals surface area contributed by atoms with Gasteiger partial charge in [-0.25, -0.2) is 4.98 Å². The normalized spacial score (nSPS) is 20.8. The van der Waals surface area contributed by atoms with Gasteiger partial charge in [0.2, 0.25) is 5.91 Å². The molecule has 0 radical (unpaired) electrons. The van der Waals surface area contributed by atoms with Gasteiger partial charge in [0.25, 0.3) is 0 Å². The summed E-state index contributed by atoms with van der Waals surface area (Å²) in [6.45, 7) is 7.10. The molecule has 116 valence electrons. The van der Waals surface area contributed by atoms with Gasteiger partial charge in [0, 0.05) is 38.5 Å². The van der Waals surface area contributed by atoms with E-state index in [0.717, 1.165) is 63.9 Å². The highest BCUT2D eigenvalue weighted by atomic mass is 16.5. The third-order valence-corrected chi connectivity index (χ3v) is 4.30. The van der Waals surface area contributed by atoms with Gasteiger partial charge in [-0.15, -0.1) is 0 Å². The zero-order valence-electron chi connectivity index (χ0n) is 12.7. The lowest BCUT2D eigenvalue weighted by molar-refractivity contribution is -0.120. The summed E-state index contributed by atoms with van der Waals surface area (Å²) in [6.07, 6.45) is 5.16. The minimum atomic E-state index is -0.0298. The van der Waals surface area contributed by atoms with Crippen LogP contribution in [0.5, 0.6) is 0 Å². The van der Waals surface area contributed by atoms with Crippen LogP contribution in [0, 0.1) is 5.92 Å². The van der Waals surface area contributed by atoms with Crippen LogP contribution in [0.25, 0.3) is 0 Å². The molecule has 3 heterocycles. The molecule has 2 aliphatic rings. The Morgan fingerprint density at radius 1 is 1.38 bits per heavy atom. The van der Waals surface area contributed by atoms with Gasteiger partial charge in [-0.1, -0.05) is 6.92 Å². The molecule has 1 saturated heterocycles. The second-order valence-electron chi connectivity index (χ2n) is 5.97. The monoisotopic (exact) mass is 292 g/mol. The SMILES string of the molecule is C[C@H](CN1CCOCC1)C(=O)Nc1cnc2n1CCCC2. The zero-order valence-corrected chi connectivity index (χ0v) is 12.7. The first-order valence-corrected chi connectivity index (χ1v) is 7.89. The smallest absolute Gasteiger partial charge is 0.229 e. The third kappa shape index (κ3) is 3.44. The molecule has 3 rings (SSSR count). The lowest BCUT2D eigenvalue weighted by Gasteiger charge is -2.28. The number of nitrogens with zero attached hydrogens (tertiary/aromatic N) is 3. The molecule has 21 heavy (non-hydrogen) atoms. The summed E-state index contributed by atoms with van der Waals surface area (Å²) >= 11 is 0. The van der Waals surface area contributed by atoms with Gasteiger partial charge in [-0.3, -0.25) is 9.69 Å². The van der Waals surface area contributed by atoms with Crippen LogP contribution in [-0.2, 0) is 22.5 Å². The van der Waals surface area contributed by atoms with E-state index in [0.29, 0.717) is 0 Å². The highest BCUT2D eigenvalue weighted by Crippen LogP contribution is 2.20. The van der Waals surface area contributed by atoms with Crippen molar-refractivity contribution in [2.45, 2.75) is 32.7 Å². The van der Waals surface area contributed by atoms with E-state index in [4.69, 9.17) is 4.74 Å². The van der Waals surface area contributed by atoms with Crippen LogP contribution in [0.1, 0.15) is 25.6 Å². The third-order valence-electron chi connectivity index (χ3n) is 4.30. The second kappa shape index (κ2) is 6.58. The van der Waals surface area contributed by atoms with Crippen molar-refractivity contribution in [2.24, 2.45) is 5.92 Å². The Hall–Kier alpha value is -1.40. The Morgan fingerprint density at radius 3 is 3.00 bits per heavy atom. The van der Waals surface area contributed by atoms with E-state index in [1.165, 1.54) is 6.42 Å². The van der Waals surface area contributed by atoms with Crippen molar-refractivity contribution >= 4 is 11.7 Å². The van der Waals surface area contributed by atoms with E-state index >= 15 is 0 Å². The summed E-state index contributed by atoms with van der Waals surface area (Å²) in [5, 5.41) is 3.04.